The molecule has 1 aromatic heterocycles. The molecule has 0 amide bonds. The van der Waals surface area contributed by atoms with E-state index in [1.165, 1.54) is 6.33 Å². The Morgan fingerprint density at radius 1 is 1.28 bits per heavy atom. The summed E-state index contributed by atoms with van der Waals surface area (Å²) in [6, 6.07) is 1.62. The highest BCUT2D eigenvalue weighted by atomic mass is 31.2. The molecule has 0 atom stereocenters. The zero-order chi connectivity index (χ0) is 14.0. The van der Waals surface area contributed by atoms with Gasteiger partial charge in [0.05, 0.1) is 13.2 Å². The summed E-state index contributed by atoms with van der Waals surface area (Å²) in [5, 5.41) is -1.97. The van der Waals surface area contributed by atoms with Crippen LogP contribution in [0, 0.1) is 0 Å². The number of aryl methyl sites for hydroxylation is 2. The molecule has 0 bridgehead atoms. The van der Waals surface area contributed by atoms with Crippen LogP contribution in [0.1, 0.15) is 12.1 Å². The third-order valence-corrected chi connectivity index (χ3v) is 6.22. The van der Waals surface area contributed by atoms with Crippen molar-refractivity contribution in [1.82, 2.24) is 4.98 Å². The molecule has 1 heterocycles. The largest absolute Gasteiger partial charge is 0.340 e. The summed E-state index contributed by atoms with van der Waals surface area (Å²) in [7, 11) is -7.93. The van der Waals surface area contributed by atoms with Gasteiger partial charge in [-0.25, -0.2) is 4.57 Å². The molecule has 8 nitrogen and oxygen atoms in total. The van der Waals surface area contributed by atoms with Crippen molar-refractivity contribution in [2.45, 2.75) is 18.2 Å². The number of rotatable bonds is 5. The summed E-state index contributed by atoms with van der Waals surface area (Å²) in [5.41, 5.74) is 0.514. The zero-order valence-corrected chi connectivity index (χ0v) is 11.4. The summed E-state index contributed by atoms with van der Waals surface area (Å²) >= 11 is 0. The molecule has 0 aliphatic heterocycles. The number of hydrogen-bond acceptors (Lipinski definition) is 3. The molecule has 0 aliphatic carbocycles. The van der Waals surface area contributed by atoms with Crippen LogP contribution in [0.15, 0.2) is 18.6 Å². The molecule has 102 valence electrons. The first-order valence-electron chi connectivity index (χ1n) is 5.01. The Morgan fingerprint density at radius 2 is 1.83 bits per heavy atom. The number of nitrogens with zero attached hydrogens (tertiary/aromatic N) is 2. The lowest BCUT2D eigenvalue weighted by molar-refractivity contribution is -0.674. The van der Waals surface area contributed by atoms with E-state index < -0.39 is 20.6 Å². The highest BCUT2D eigenvalue weighted by molar-refractivity contribution is 7.70. The number of aromatic nitrogens is 2. The van der Waals surface area contributed by atoms with Gasteiger partial charge in [0.15, 0.2) is 11.1 Å². The SMILES string of the molecule is C[n+]1ccc(CCC(P(=O)(O)O)P(=O)(O)O)nc1. The minimum atomic E-state index is -4.84. The first-order chi connectivity index (χ1) is 8.10. The maximum absolute atomic E-state index is 11.0. The Kier molecular flexibility index (Phi) is 4.78. The molecule has 0 aliphatic rings. The van der Waals surface area contributed by atoms with Gasteiger partial charge in [-0.05, 0) is 6.42 Å². The molecule has 0 spiro atoms. The summed E-state index contributed by atoms with van der Waals surface area (Å²) in [6.07, 6.45) is 2.95. The van der Waals surface area contributed by atoms with E-state index in [4.69, 9.17) is 19.6 Å². The molecule has 0 saturated heterocycles. The maximum Gasteiger partial charge on any atom is 0.340 e. The van der Waals surface area contributed by atoms with Crippen LogP contribution in [0.5, 0.6) is 0 Å². The van der Waals surface area contributed by atoms with Crippen LogP contribution >= 0.6 is 15.2 Å². The van der Waals surface area contributed by atoms with Gasteiger partial charge >= 0.3 is 15.2 Å². The molecule has 0 radical (unpaired) electrons. The normalized spacial score (nSPS) is 13.0. The van der Waals surface area contributed by atoms with Gasteiger partial charge in [0, 0.05) is 12.5 Å². The molecule has 10 heteroatoms. The second-order valence-corrected chi connectivity index (χ2v) is 7.93. The number of hydrogen-bond donors (Lipinski definition) is 4. The fraction of sp³-hybridized carbons (Fsp3) is 0.500. The second-order valence-electron chi connectivity index (χ2n) is 3.91. The van der Waals surface area contributed by atoms with Crippen LogP contribution in [-0.2, 0) is 22.6 Å². The summed E-state index contributed by atoms with van der Waals surface area (Å²) in [5.74, 6) is 0. The topological polar surface area (TPSA) is 132 Å². The third kappa shape index (κ3) is 4.57. The molecular weight excluding hydrogens is 282 g/mol. The minimum Gasteiger partial charge on any atom is -0.324 e. The van der Waals surface area contributed by atoms with Crippen molar-refractivity contribution in [1.29, 1.82) is 0 Å². The standard InChI is InChI=1S/C8H14N2O6P2/c1-10-5-4-7(9-6-10)2-3-8(17(11,12)13)18(14,15)16/h4-6,8H,2-3H2,1H3,(H3-,11,12,13,14,15,16)/p+1. The van der Waals surface area contributed by atoms with Crippen LogP contribution in [0.4, 0.5) is 0 Å². The smallest absolute Gasteiger partial charge is 0.324 e. The minimum absolute atomic E-state index is 0.0850. The molecular formula is C8H15N2O6P2+. The Morgan fingerprint density at radius 3 is 2.22 bits per heavy atom. The molecule has 0 fully saturated rings. The maximum atomic E-state index is 11.0. The molecule has 18 heavy (non-hydrogen) atoms. The Bertz CT molecular complexity index is 471. The van der Waals surface area contributed by atoms with Gasteiger partial charge in [0.25, 0.3) is 6.33 Å². The predicted molar refractivity (Wildman–Crippen MR) is 61.6 cm³/mol. The molecule has 1 aromatic rings. The lowest BCUT2D eigenvalue weighted by atomic mass is 10.2. The van der Waals surface area contributed by atoms with Gasteiger partial charge in [-0.1, -0.05) is 4.98 Å². The van der Waals surface area contributed by atoms with Gasteiger partial charge in [-0.3, -0.25) is 9.13 Å². The summed E-state index contributed by atoms with van der Waals surface area (Å²) in [6.45, 7) is 0. The van der Waals surface area contributed by atoms with Crippen molar-refractivity contribution in [3.63, 3.8) is 0 Å². The average molecular weight is 297 g/mol. The van der Waals surface area contributed by atoms with Gasteiger partial charge in [-0.15, -0.1) is 0 Å². The van der Waals surface area contributed by atoms with E-state index in [1.54, 1.807) is 23.9 Å². The van der Waals surface area contributed by atoms with Crippen molar-refractivity contribution in [3.05, 3.63) is 24.3 Å². The quantitative estimate of drug-likeness (QED) is 0.426. The van der Waals surface area contributed by atoms with Crippen molar-refractivity contribution >= 4 is 15.2 Å². The van der Waals surface area contributed by atoms with Crippen LogP contribution in [0.25, 0.3) is 0 Å². The summed E-state index contributed by atoms with van der Waals surface area (Å²) in [4.78, 5) is 39.7. The second kappa shape index (κ2) is 5.57. The highest BCUT2D eigenvalue weighted by Crippen LogP contribution is 2.61. The van der Waals surface area contributed by atoms with E-state index in [2.05, 4.69) is 4.98 Å². The molecule has 0 aromatic carbocycles. The van der Waals surface area contributed by atoms with Gasteiger partial charge in [0.2, 0.25) is 0 Å². The fourth-order valence-electron chi connectivity index (χ4n) is 1.41. The van der Waals surface area contributed by atoms with Crippen LogP contribution < -0.4 is 4.57 Å². The first kappa shape index (κ1) is 15.4. The average Bonchev–Trinajstić information content (AvgIpc) is 2.17. The molecule has 0 saturated carbocycles. The van der Waals surface area contributed by atoms with Crippen LogP contribution in [-0.4, -0.2) is 30.0 Å². The van der Waals surface area contributed by atoms with Gasteiger partial charge < -0.3 is 19.6 Å². The van der Waals surface area contributed by atoms with Crippen molar-refractivity contribution in [2.75, 3.05) is 0 Å². The molecule has 1 rings (SSSR count). The Labute approximate surface area is 104 Å². The van der Waals surface area contributed by atoms with E-state index in [0.717, 1.165) is 0 Å². The molecule has 4 N–H and O–H groups in total. The van der Waals surface area contributed by atoms with Gasteiger partial charge in [0.1, 0.15) is 0 Å². The van der Waals surface area contributed by atoms with E-state index in [0.29, 0.717) is 5.69 Å². The lowest BCUT2D eigenvalue weighted by Gasteiger charge is -2.18. The lowest BCUT2D eigenvalue weighted by Crippen LogP contribution is -2.27. The van der Waals surface area contributed by atoms with E-state index in [1.807, 2.05) is 0 Å². The van der Waals surface area contributed by atoms with Gasteiger partial charge in [-0.2, -0.15) is 0 Å². The zero-order valence-electron chi connectivity index (χ0n) is 9.62. The van der Waals surface area contributed by atoms with Crippen LogP contribution in [0.2, 0.25) is 0 Å². The Balaban J connectivity index is 2.78. The van der Waals surface area contributed by atoms with Crippen molar-refractivity contribution < 1.29 is 33.3 Å². The monoisotopic (exact) mass is 297 g/mol. The first-order valence-corrected chi connectivity index (χ1v) is 8.37. The van der Waals surface area contributed by atoms with Crippen molar-refractivity contribution in [2.24, 2.45) is 7.05 Å². The Hall–Kier alpha value is -0.620. The van der Waals surface area contributed by atoms with E-state index in [9.17, 15) is 9.13 Å². The fourth-order valence-corrected chi connectivity index (χ4v) is 3.91. The van der Waals surface area contributed by atoms with E-state index >= 15 is 0 Å². The van der Waals surface area contributed by atoms with E-state index in [-0.39, 0.29) is 12.8 Å². The van der Waals surface area contributed by atoms with Crippen molar-refractivity contribution in [3.8, 4) is 0 Å². The van der Waals surface area contributed by atoms with Crippen LogP contribution in [0.3, 0.4) is 0 Å². The third-order valence-electron chi connectivity index (χ3n) is 2.34. The predicted octanol–water partition coefficient (Wildman–Crippen LogP) is -0.480. The molecule has 0 unspecified atom stereocenters. The summed E-state index contributed by atoms with van der Waals surface area (Å²) < 4.78 is 23.7. The highest BCUT2D eigenvalue weighted by Gasteiger charge is 2.42.